The standard InChI is InChI=1S/C20H20FN5O2/c1-13-9-18(28-25-13)15-10-22-12-23-19(15)14-5-4-8-26(11-14)20(27)24-17-7-3-2-6-16(17)21/h2-3,6-7,9-10,12,14H,4-5,8,11H2,1H3,(H,24,27)/t14-/m0/s1. The van der Waals surface area contributed by atoms with Gasteiger partial charge in [0.25, 0.3) is 0 Å². The van der Waals surface area contributed by atoms with Crippen LogP contribution in [0.2, 0.25) is 0 Å². The Hall–Kier alpha value is -3.29. The van der Waals surface area contributed by atoms with Gasteiger partial charge in [0.15, 0.2) is 5.76 Å². The Morgan fingerprint density at radius 3 is 3.00 bits per heavy atom. The molecule has 2 aromatic heterocycles. The van der Waals surface area contributed by atoms with E-state index in [0.29, 0.717) is 18.8 Å². The first-order valence-corrected chi connectivity index (χ1v) is 9.16. The van der Waals surface area contributed by atoms with Crippen LogP contribution in [0.3, 0.4) is 0 Å². The summed E-state index contributed by atoms with van der Waals surface area (Å²) in [5.74, 6) is 0.188. The Labute approximate surface area is 161 Å². The number of nitrogens with zero attached hydrogens (tertiary/aromatic N) is 4. The molecule has 1 aromatic carbocycles. The van der Waals surface area contributed by atoms with Crippen LogP contribution in [0.1, 0.15) is 30.1 Å². The number of aryl methyl sites for hydroxylation is 1. The molecule has 0 unspecified atom stereocenters. The highest BCUT2D eigenvalue weighted by molar-refractivity contribution is 5.89. The number of anilines is 1. The topological polar surface area (TPSA) is 84.2 Å². The Balaban J connectivity index is 1.53. The molecule has 0 radical (unpaired) electrons. The fraction of sp³-hybridized carbons (Fsp3) is 0.300. The number of rotatable bonds is 3. The van der Waals surface area contributed by atoms with Crippen molar-refractivity contribution in [2.45, 2.75) is 25.7 Å². The molecule has 3 aromatic rings. The minimum Gasteiger partial charge on any atom is -0.356 e. The van der Waals surface area contributed by atoms with E-state index in [2.05, 4.69) is 20.4 Å². The van der Waals surface area contributed by atoms with Gasteiger partial charge in [-0.2, -0.15) is 0 Å². The number of hydrogen-bond donors (Lipinski definition) is 1. The summed E-state index contributed by atoms with van der Waals surface area (Å²) in [4.78, 5) is 22.9. The lowest BCUT2D eigenvalue weighted by molar-refractivity contribution is 0.192. The average molecular weight is 381 g/mol. The van der Waals surface area contributed by atoms with E-state index in [9.17, 15) is 9.18 Å². The highest BCUT2D eigenvalue weighted by atomic mass is 19.1. The smallest absolute Gasteiger partial charge is 0.321 e. The number of para-hydroxylation sites is 1. The van der Waals surface area contributed by atoms with E-state index in [1.165, 1.54) is 12.4 Å². The van der Waals surface area contributed by atoms with Gasteiger partial charge in [0.05, 0.1) is 22.6 Å². The number of benzene rings is 1. The van der Waals surface area contributed by atoms with Gasteiger partial charge in [-0.1, -0.05) is 17.3 Å². The van der Waals surface area contributed by atoms with Crippen LogP contribution in [0.4, 0.5) is 14.9 Å². The summed E-state index contributed by atoms with van der Waals surface area (Å²) in [6.07, 6.45) is 4.93. The average Bonchev–Trinajstić information content (AvgIpc) is 3.16. The monoisotopic (exact) mass is 381 g/mol. The molecule has 1 aliphatic heterocycles. The first-order chi connectivity index (χ1) is 13.6. The third-order valence-electron chi connectivity index (χ3n) is 4.85. The van der Waals surface area contributed by atoms with E-state index in [4.69, 9.17) is 4.52 Å². The molecule has 3 heterocycles. The minimum absolute atomic E-state index is 0.0310. The van der Waals surface area contributed by atoms with Crippen LogP contribution in [0.25, 0.3) is 11.3 Å². The van der Waals surface area contributed by atoms with Crippen molar-refractivity contribution in [2.24, 2.45) is 0 Å². The third kappa shape index (κ3) is 3.71. The number of amides is 2. The highest BCUT2D eigenvalue weighted by Gasteiger charge is 2.28. The van der Waals surface area contributed by atoms with E-state index < -0.39 is 5.82 Å². The first kappa shape index (κ1) is 18.1. The molecular formula is C20H20FN5O2. The fourth-order valence-corrected chi connectivity index (χ4v) is 3.49. The Bertz CT molecular complexity index is 990. The van der Waals surface area contributed by atoms with Crippen LogP contribution in [0.5, 0.6) is 0 Å². The van der Waals surface area contributed by atoms with Crippen LogP contribution in [-0.4, -0.2) is 39.1 Å². The molecule has 1 aliphatic rings. The largest absolute Gasteiger partial charge is 0.356 e. The molecule has 1 fully saturated rings. The quantitative estimate of drug-likeness (QED) is 0.742. The van der Waals surface area contributed by atoms with Crippen LogP contribution in [0.15, 0.2) is 47.4 Å². The van der Waals surface area contributed by atoms with Crippen molar-refractivity contribution in [1.82, 2.24) is 20.0 Å². The fourth-order valence-electron chi connectivity index (χ4n) is 3.49. The number of aromatic nitrogens is 3. The predicted molar refractivity (Wildman–Crippen MR) is 101 cm³/mol. The molecule has 4 rings (SSSR count). The van der Waals surface area contributed by atoms with E-state index in [1.54, 1.807) is 29.3 Å². The zero-order valence-corrected chi connectivity index (χ0v) is 15.4. The van der Waals surface area contributed by atoms with Gasteiger partial charge in [-0.15, -0.1) is 0 Å². The maximum Gasteiger partial charge on any atom is 0.321 e. The third-order valence-corrected chi connectivity index (χ3v) is 4.85. The normalized spacial score (nSPS) is 16.8. The summed E-state index contributed by atoms with van der Waals surface area (Å²) >= 11 is 0. The molecular weight excluding hydrogens is 361 g/mol. The van der Waals surface area contributed by atoms with Crippen LogP contribution in [-0.2, 0) is 0 Å². The van der Waals surface area contributed by atoms with Crippen molar-refractivity contribution in [3.8, 4) is 11.3 Å². The molecule has 8 heteroatoms. The molecule has 7 nitrogen and oxygen atoms in total. The lowest BCUT2D eigenvalue weighted by Crippen LogP contribution is -2.42. The Morgan fingerprint density at radius 1 is 1.36 bits per heavy atom. The SMILES string of the molecule is Cc1cc(-c2cncnc2[C@H]2CCCN(C(=O)Nc3ccccc3F)C2)on1. The van der Waals surface area contributed by atoms with Gasteiger partial charge < -0.3 is 14.7 Å². The minimum atomic E-state index is -0.455. The van der Waals surface area contributed by atoms with Gasteiger partial charge >= 0.3 is 6.03 Å². The lowest BCUT2D eigenvalue weighted by Gasteiger charge is -2.33. The molecule has 28 heavy (non-hydrogen) atoms. The van der Waals surface area contributed by atoms with Crippen LogP contribution < -0.4 is 5.32 Å². The molecule has 0 saturated carbocycles. The van der Waals surface area contributed by atoms with Crippen molar-refractivity contribution in [3.05, 3.63) is 60.1 Å². The van der Waals surface area contributed by atoms with Crippen LogP contribution in [0, 0.1) is 12.7 Å². The van der Waals surface area contributed by atoms with Crippen LogP contribution >= 0.6 is 0 Å². The van der Waals surface area contributed by atoms with E-state index in [-0.39, 0.29) is 17.6 Å². The molecule has 0 aliphatic carbocycles. The van der Waals surface area contributed by atoms with Gasteiger partial charge in [0, 0.05) is 31.3 Å². The number of nitrogens with one attached hydrogen (secondary N) is 1. The molecule has 144 valence electrons. The molecule has 0 bridgehead atoms. The summed E-state index contributed by atoms with van der Waals surface area (Å²) in [6, 6.07) is 7.66. The maximum absolute atomic E-state index is 13.8. The molecule has 1 N–H and O–H groups in total. The zero-order valence-electron chi connectivity index (χ0n) is 15.4. The van der Waals surface area contributed by atoms with Gasteiger partial charge in [0.2, 0.25) is 0 Å². The van der Waals surface area contributed by atoms with Gasteiger partial charge in [-0.3, -0.25) is 0 Å². The Morgan fingerprint density at radius 2 is 2.21 bits per heavy atom. The number of likely N-dealkylation sites (tertiary alicyclic amines) is 1. The number of urea groups is 1. The summed E-state index contributed by atoms with van der Waals surface area (Å²) < 4.78 is 19.2. The Kier molecular flexibility index (Phi) is 5.01. The second kappa shape index (κ2) is 7.75. The van der Waals surface area contributed by atoms with E-state index in [1.807, 2.05) is 13.0 Å². The summed E-state index contributed by atoms with van der Waals surface area (Å²) in [6.45, 7) is 2.95. The predicted octanol–water partition coefficient (Wildman–Crippen LogP) is 3.99. The number of carbonyl (C=O) groups excluding carboxylic acids is 1. The van der Waals surface area contributed by atoms with Crippen molar-refractivity contribution in [3.63, 3.8) is 0 Å². The van der Waals surface area contributed by atoms with E-state index in [0.717, 1.165) is 29.8 Å². The number of piperidine rings is 1. The highest BCUT2D eigenvalue weighted by Crippen LogP contribution is 2.33. The van der Waals surface area contributed by atoms with E-state index >= 15 is 0 Å². The molecule has 1 saturated heterocycles. The molecule has 0 spiro atoms. The summed E-state index contributed by atoms with van der Waals surface area (Å²) in [7, 11) is 0. The van der Waals surface area contributed by atoms with Gasteiger partial charge in [-0.05, 0) is 31.9 Å². The maximum atomic E-state index is 13.8. The van der Waals surface area contributed by atoms with Crippen molar-refractivity contribution in [2.75, 3.05) is 18.4 Å². The number of carbonyl (C=O) groups is 1. The van der Waals surface area contributed by atoms with Gasteiger partial charge in [-0.25, -0.2) is 19.2 Å². The van der Waals surface area contributed by atoms with Gasteiger partial charge in [0.1, 0.15) is 12.1 Å². The van der Waals surface area contributed by atoms with Crippen molar-refractivity contribution in [1.29, 1.82) is 0 Å². The molecule has 2 amide bonds. The lowest BCUT2D eigenvalue weighted by atomic mass is 9.91. The second-order valence-electron chi connectivity index (χ2n) is 6.85. The zero-order chi connectivity index (χ0) is 19.5. The first-order valence-electron chi connectivity index (χ1n) is 9.16. The summed E-state index contributed by atoms with van der Waals surface area (Å²) in [5.41, 5.74) is 2.56. The molecule has 1 atom stereocenters. The number of halogens is 1. The summed E-state index contributed by atoms with van der Waals surface area (Å²) in [5, 5.41) is 6.59. The van der Waals surface area contributed by atoms with Crippen molar-refractivity contribution < 1.29 is 13.7 Å². The number of hydrogen-bond acceptors (Lipinski definition) is 5. The van der Waals surface area contributed by atoms with Crippen molar-refractivity contribution >= 4 is 11.7 Å². The second-order valence-corrected chi connectivity index (χ2v) is 6.85.